The van der Waals surface area contributed by atoms with Gasteiger partial charge in [-0.15, -0.1) is 10.2 Å². The maximum Gasteiger partial charge on any atom is 0.235 e. The number of carbonyl (C=O) groups is 2. The summed E-state index contributed by atoms with van der Waals surface area (Å²) in [7, 11) is 1.72. The van der Waals surface area contributed by atoms with Crippen LogP contribution in [0.1, 0.15) is 37.1 Å². The van der Waals surface area contributed by atoms with Gasteiger partial charge in [-0.2, -0.15) is 0 Å². The first-order valence-electron chi connectivity index (χ1n) is 9.04. The minimum atomic E-state index is -0.228. The molecule has 144 valence electrons. The van der Waals surface area contributed by atoms with Gasteiger partial charge in [0.2, 0.25) is 23.6 Å². The summed E-state index contributed by atoms with van der Waals surface area (Å²) in [4.78, 5) is 28.4. The maximum atomic E-state index is 12.8. The number of halogens is 1. The van der Waals surface area contributed by atoms with Gasteiger partial charge in [-0.1, -0.05) is 30.7 Å². The van der Waals surface area contributed by atoms with Gasteiger partial charge in [0.1, 0.15) is 0 Å². The smallest absolute Gasteiger partial charge is 0.235 e. The lowest BCUT2D eigenvalue weighted by atomic mass is 9.95. The second-order valence-electron chi connectivity index (χ2n) is 6.77. The normalized spacial score (nSPS) is 17.2. The molecule has 0 radical (unpaired) electrons. The van der Waals surface area contributed by atoms with Crippen molar-refractivity contribution in [1.29, 1.82) is 0 Å². The van der Waals surface area contributed by atoms with Gasteiger partial charge in [-0.25, -0.2) is 0 Å². The van der Waals surface area contributed by atoms with E-state index in [9.17, 15) is 9.59 Å². The SMILES string of the molecule is CCc1nnc(CN(C)C(=O)C2CCC(=O)N(Cc3ccc(Cl)cc3)C2)o1. The zero-order valence-electron chi connectivity index (χ0n) is 15.5. The number of rotatable bonds is 6. The predicted molar refractivity (Wildman–Crippen MR) is 99.7 cm³/mol. The summed E-state index contributed by atoms with van der Waals surface area (Å²) in [6, 6.07) is 7.40. The van der Waals surface area contributed by atoms with Gasteiger partial charge in [0.05, 0.1) is 12.5 Å². The minimum absolute atomic E-state index is 0.0140. The van der Waals surface area contributed by atoms with Crippen LogP contribution in [0.3, 0.4) is 0 Å². The van der Waals surface area contributed by atoms with Gasteiger partial charge in [0.25, 0.3) is 0 Å². The standard InChI is InChI=1S/C19H23ClN4O3/c1-3-16-21-22-17(27-16)12-23(2)19(26)14-6-9-18(25)24(11-14)10-13-4-7-15(20)8-5-13/h4-5,7-8,14H,3,6,9-12H2,1-2H3. The van der Waals surface area contributed by atoms with Gasteiger partial charge < -0.3 is 14.2 Å². The predicted octanol–water partition coefficient (Wildman–Crippen LogP) is 2.68. The van der Waals surface area contributed by atoms with Gasteiger partial charge in [-0.05, 0) is 24.1 Å². The molecule has 27 heavy (non-hydrogen) atoms. The van der Waals surface area contributed by atoms with E-state index >= 15 is 0 Å². The lowest BCUT2D eigenvalue weighted by Gasteiger charge is -2.33. The monoisotopic (exact) mass is 390 g/mol. The molecular weight excluding hydrogens is 368 g/mol. The molecule has 0 aliphatic carbocycles. The number of hydrogen-bond donors (Lipinski definition) is 0. The van der Waals surface area contributed by atoms with Crippen molar-refractivity contribution in [1.82, 2.24) is 20.0 Å². The molecule has 7 nitrogen and oxygen atoms in total. The average Bonchev–Trinajstić information content (AvgIpc) is 3.12. The van der Waals surface area contributed by atoms with E-state index in [1.807, 2.05) is 19.1 Å². The lowest BCUT2D eigenvalue weighted by Crippen LogP contribution is -2.45. The number of hydrogen-bond acceptors (Lipinski definition) is 5. The molecule has 2 heterocycles. The van der Waals surface area contributed by atoms with Gasteiger partial charge in [0.15, 0.2) is 0 Å². The minimum Gasteiger partial charge on any atom is -0.423 e. The molecule has 0 saturated carbocycles. The van der Waals surface area contributed by atoms with Gasteiger partial charge in [-0.3, -0.25) is 9.59 Å². The van der Waals surface area contributed by atoms with E-state index in [0.717, 1.165) is 5.56 Å². The Labute approximate surface area is 163 Å². The molecule has 0 N–H and O–H groups in total. The first-order valence-corrected chi connectivity index (χ1v) is 9.42. The highest BCUT2D eigenvalue weighted by Crippen LogP contribution is 2.22. The number of aromatic nitrogens is 2. The molecular formula is C19H23ClN4O3. The Balaban J connectivity index is 1.60. The van der Waals surface area contributed by atoms with Crippen molar-refractivity contribution in [3.05, 3.63) is 46.6 Å². The van der Waals surface area contributed by atoms with Crippen LogP contribution in [-0.2, 0) is 29.1 Å². The molecule has 0 bridgehead atoms. The van der Waals surface area contributed by atoms with Gasteiger partial charge >= 0.3 is 0 Å². The van der Waals surface area contributed by atoms with E-state index in [-0.39, 0.29) is 24.3 Å². The summed E-state index contributed by atoms with van der Waals surface area (Å²) < 4.78 is 5.48. The Bertz CT molecular complexity index is 806. The molecule has 1 aromatic heterocycles. The Morgan fingerprint density at radius 1 is 1.30 bits per heavy atom. The summed E-state index contributed by atoms with van der Waals surface area (Å²) in [6.45, 7) is 3.09. The molecule has 2 aromatic rings. The molecule has 1 aromatic carbocycles. The van der Waals surface area contributed by atoms with E-state index in [4.69, 9.17) is 16.0 Å². The number of nitrogens with zero attached hydrogens (tertiary/aromatic N) is 4. The molecule has 1 atom stereocenters. The number of aryl methyl sites for hydroxylation is 1. The highest BCUT2D eigenvalue weighted by Gasteiger charge is 2.32. The zero-order chi connectivity index (χ0) is 19.4. The topological polar surface area (TPSA) is 79.5 Å². The van der Waals surface area contributed by atoms with Crippen molar-refractivity contribution in [2.24, 2.45) is 5.92 Å². The second-order valence-corrected chi connectivity index (χ2v) is 7.21. The molecule has 1 fully saturated rings. The van der Waals surface area contributed by atoms with Crippen LogP contribution in [0.2, 0.25) is 5.02 Å². The summed E-state index contributed by atoms with van der Waals surface area (Å²) in [5, 5.41) is 8.53. The molecule has 1 unspecified atom stereocenters. The molecule has 1 aliphatic rings. The number of amides is 2. The van der Waals surface area contributed by atoms with Crippen molar-refractivity contribution < 1.29 is 14.0 Å². The summed E-state index contributed by atoms with van der Waals surface area (Å²) in [5.74, 6) is 0.811. The zero-order valence-corrected chi connectivity index (χ0v) is 16.3. The van der Waals surface area contributed by atoms with Crippen LogP contribution in [0.25, 0.3) is 0 Å². The van der Waals surface area contributed by atoms with E-state index < -0.39 is 0 Å². The van der Waals surface area contributed by atoms with E-state index in [1.165, 1.54) is 0 Å². The average molecular weight is 391 g/mol. The number of likely N-dealkylation sites (tertiary alicyclic amines) is 1. The Kier molecular flexibility index (Phi) is 6.11. The van der Waals surface area contributed by atoms with Crippen LogP contribution in [0.5, 0.6) is 0 Å². The second kappa shape index (κ2) is 8.52. The van der Waals surface area contributed by atoms with Crippen molar-refractivity contribution >= 4 is 23.4 Å². The fourth-order valence-electron chi connectivity index (χ4n) is 3.17. The van der Waals surface area contributed by atoms with Crippen molar-refractivity contribution in [2.75, 3.05) is 13.6 Å². The first kappa shape index (κ1) is 19.4. The Morgan fingerprint density at radius 2 is 2.00 bits per heavy atom. The fraction of sp³-hybridized carbons (Fsp3) is 0.474. The number of benzene rings is 1. The molecule has 1 aliphatic heterocycles. The lowest BCUT2D eigenvalue weighted by molar-refractivity contribution is -0.143. The molecule has 1 saturated heterocycles. The third-order valence-electron chi connectivity index (χ3n) is 4.70. The van der Waals surface area contributed by atoms with Crippen LogP contribution >= 0.6 is 11.6 Å². The highest BCUT2D eigenvalue weighted by atomic mass is 35.5. The third kappa shape index (κ3) is 4.86. The van der Waals surface area contributed by atoms with Crippen molar-refractivity contribution in [3.63, 3.8) is 0 Å². The van der Waals surface area contributed by atoms with Crippen LogP contribution in [-0.4, -0.2) is 45.4 Å². The molecule has 2 amide bonds. The summed E-state index contributed by atoms with van der Waals surface area (Å²) in [6.07, 6.45) is 1.59. The summed E-state index contributed by atoms with van der Waals surface area (Å²) >= 11 is 5.91. The van der Waals surface area contributed by atoms with Gasteiger partial charge in [0, 0.05) is 38.0 Å². The largest absolute Gasteiger partial charge is 0.423 e. The third-order valence-corrected chi connectivity index (χ3v) is 4.95. The Hall–Kier alpha value is -2.41. The van der Waals surface area contributed by atoms with Crippen LogP contribution in [0, 0.1) is 5.92 Å². The van der Waals surface area contributed by atoms with E-state index in [2.05, 4.69) is 10.2 Å². The fourth-order valence-corrected chi connectivity index (χ4v) is 3.29. The van der Waals surface area contributed by atoms with Crippen molar-refractivity contribution in [3.8, 4) is 0 Å². The molecule has 3 rings (SSSR count). The van der Waals surface area contributed by atoms with Crippen LogP contribution in [0.15, 0.2) is 28.7 Å². The molecule has 0 spiro atoms. The highest BCUT2D eigenvalue weighted by molar-refractivity contribution is 6.30. The Morgan fingerprint density at radius 3 is 2.67 bits per heavy atom. The molecule has 8 heteroatoms. The quantitative estimate of drug-likeness (QED) is 0.757. The maximum absolute atomic E-state index is 12.8. The first-order chi connectivity index (χ1) is 13.0. The number of piperidine rings is 1. The van der Waals surface area contributed by atoms with Crippen LogP contribution in [0.4, 0.5) is 0 Å². The van der Waals surface area contributed by atoms with Crippen LogP contribution < -0.4 is 0 Å². The van der Waals surface area contributed by atoms with Crippen molar-refractivity contribution in [2.45, 2.75) is 39.3 Å². The number of carbonyl (C=O) groups excluding carboxylic acids is 2. The summed E-state index contributed by atoms with van der Waals surface area (Å²) in [5.41, 5.74) is 0.993. The van der Waals surface area contributed by atoms with E-state index in [1.54, 1.807) is 29.0 Å². The van der Waals surface area contributed by atoms with E-state index in [0.29, 0.717) is 49.2 Å².